The SMILES string of the molecule is CC(C)(C)OC(=O)c1cc(Br)cs1. The van der Waals surface area contributed by atoms with Crippen molar-refractivity contribution in [2.45, 2.75) is 26.4 Å². The highest BCUT2D eigenvalue weighted by Gasteiger charge is 2.18. The molecule has 2 nitrogen and oxygen atoms in total. The molecule has 1 rings (SSSR count). The lowest BCUT2D eigenvalue weighted by Crippen LogP contribution is -2.23. The first-order valence-electron chi connectivity index (χ1n) is 3.86. The Morgan fingerprint density at radius 1 is 1.54 bits per heavy atom. The van der Waals surface area contributed by atoms with Crippen molar-refractivity contribution in [2.75, 3.05) is 0 Å². The van der Waals surface area contributed by atoms with Gasteiger partial charge in [0.2, 0.25) is 0 Å². The van der Waals surface area contributed by atoms with Crippen molar-refractivity contribution in [3.05, 3.63) is 20.8 Å². The summed E-state index contributed by atoms with van der Waals surface area (Å²) in [5.41, 5.74) is -0.423. The molecule has 1 aromatic heterocycles. The fraction of sp³-hybridized carbons (Fsp3) is 0.444. The van der Waals surface area contributed by atoms with Crippen LogP contribution in [-0.4, -0.2) is 11.6 Å². The van der Waals surface area contributed by atoms with Gasteiger partial charge >= 0.3 is 5.97 Å². The molecule has 1 heterocycles. The van der Waals surface area contributed by atoms with Gasteiger partial charge in [-0.05, 0) is 42.8 Å². The van der Waals surface area contributed by atoms with Crippen LogP contribution >= 0.6 is 27.3 Å². The number of thiophene rings is 1. The van der Waals surface area contributed by atoms with Gasteiger partial charge in [0.25, 0.3) is 0 Å². The lowest BCUT2D eigenvalue weighted by Gasteiger charge is -2.18. The second-order valence-electron chi connectivity index (χ2n) is 3.63. The van der Waals surface area contributed by atoms with Crippen molar-refractivity contribution in [3.63, 3.8) is 0 Å². The molecule has 0 radical (unpaired) electrons. The Labute approximate surface area is 90.0 Å². The number of ether oxygens (including phenoxy) is 1. The molecular formula is C9H11BrO2S. The van der Waals surface area contributed by atoms with Crippen molar-refractivity contribution >= 4 is 33.2 Å². The fourth-order valence-electron chi connectivity index (χ4n) is 0.748. The van der Waals surface area contributed by atoms with Crippen LogP contribution in [0.1, 0.15) is 30.4 Å². The van der Waals surface area contributed by atoms with Gasteiger partial charge in [-0.2, -0.15) is 0 Å². The Hall–Kier alpha value is -0.350. The van der Waals surface area contributed by atoms with Gasteiger partial charge in [-0.1, -0.05) is 0 Å². The Morgan fingerprint density at radius 2 is 2.15 bits per heavy atom. The molecule has 0 atom stereocenters. The van der Waals surface area contributed by atoms with Gasteiger partial charge in [-0.25, -0.2) is 4.79 Å². The Balaban J connectivity index is 2.70. The molecule has 0 N–H and O–H groups in total. The van der Waals surface area contributed by atoms with E-state index in [0.717, 1.165) is 4.47 Å². The maximum Gasteiger partial charge on any atom is 0.348 e. The summed E-state index contributed by atoms with van der Waals surface area (Å²) in [7, 11) is 0. The quantitative estimate of drug-likeness (QED) is 0.725. The molecule has 1 aromatic rings. The summed E-state index contributed by atoms with van der Waals surface area (Å²) in [6, 6.07) is 1.76. The van der Waals surface area contributed by atoms with E-state index in [1.165, 1.54) is 11.3 Å². The van der Waals surface area contributed by atoms with Crippen LogP contribution in [0.15, 0.2) is 15.9 Å². The monoisotopic (exact) mass is 262 g/mol. The summed E-state index contributed by atoms with van der Waals surface area (Å²) in [5.74, 6) is -0.261. The molecule has 4 heteroatoms. The minimum Gasteiger partial charge on any atom is -0.456 e. The summed E-state index contributed by atoms with van der Waals surface area (Å²) in [6.07, 6.45) is 0. The average Bonchev–Trinajstić information content (AvgIpc) is 2.31. The molecule has 0 spiro atoms. The highest BCUT2D eigenvalue weighted by Crippen LogP contribution is 2.22. The van der Waals surface area contributed by atoms with E-state index in [1.807, 2.05) is 26.2 Å². The first-order valence-corrected chi connectivity index (χ1v) is 5.53. The van der Waals surface area contributed by atoms with Crippen molar-refractivity contribution in [2.24, 2.45) is 0 Å². The van der Waals surface area contributed by atoms with E-state index in [4.69, 9.17) is 4.74 Å². The Bertz CT molecular complexity index is 312. The molecule has 0 saturated carbocycles. The van der Waals surface area contributed by atoms with Crippen molar-refractivity contribution in [1.29, 1.82) is 0 Å². The number of halogens is 1. The zero-order chi connectivity index (χ0) is 10.1. The lowest BCUT2D eigenvalue weighted by molar-refractivity contribution is 0.00752. The van der Waals surface area contributed by atoms with E-state index in [1.54, 1.807) is 6.07 Å². The number of hydrogen-bond donors (Lipinski definition) is 0. The second-order valence-corrected chi connectivity index (χ2v) is 5.46. The highest BCUT2D eigenvalue weighted by molar-refractivity contribution is 9.10. The van der Waals surface area contributed by atoms with Crippen molar-refractivity contribution in [3.8, 4) is 0 Å². The molecule has 0 unspecified atom stereocenters. The van der Waals surface area contributed by atoms with Gasteiger partial charge in [0.1, 0.15) is 10.5 Å². The molecular weight excluding hydrogens is 252 g/mol. The summed E-state index contributed by atoms with van der Waals surface area (Å²) in [5, 5.41) is 1.86. The molecule has 0 aromatic carbocycles. The van der Waals surface area contributed by atoms with E-state index in [-0.39, 0.29) is 5.97 Å². The minimum atomic E-state index is -0.423. The topological polar surface area (TPSA) is 26.3 Å². The first kappa shape index (κ1) is 10.7. The van der Waals surface area contributed by atoms with Crippen LogP contribution in [0, 0.1) is 0 Å². The third-order valence-corrected chi connectivity index (χ3v) is 2.84. The Morgan fingerprint density at radius 3 is 2.54 bits per heavy atom. The zero-order valence-electron chi connectivity index (χ0n) is 7.76. The first-order chi connectivity index (χ1) is 5.88. The molecule has 0 saturated heterocycles. The molecule has 0 bridgehead atoms. The van der Waals surface area contributed by atoms with Gasteiger partial charge in [-0.15, -0.1) is 11.3 Å². The van der Waals surface area contributed by atoms with E-state index in [9.17, 15) is 4.79 Å². The number of hydrogen-bond acceptors (Lipinski definition) is 3. The third-order valence-electron chi connectivity index (χ3n) is 1.17. The van der Waals surface area contributed by atoms with Crippen LogP contribution < -0.4 is 0 Å². The smallest absolute Gasteiger partial charge is 0.348 e. The summed E-state index contributed by atoms with van der Waals surface area (Å²) < 4.78 is 6.10. The van der Waals surface area contributed by atoms with Crippen LogP contribution in [0.25, 0.3) is 0 Å². The number of carbonyl (C=O) groups excluding carboxylic acids is 1. The summed E-state index contributed by atoms with van der Waals surface area (Å²) in [4.78, 5) is 12.1. The molecule has 0 aliphatic carbocycles. The van der Waals surface area contributed by atoms with Crippen molar-refractivity contribution in [1.82, 2.24) is 0 Å². The van der Waals surface area contributed by atoms with Crippen LogP contribution in [0.3, 0.4) is 0 Å². The molecule has 0 aliphatic heterocycles. The van der Waals surface area contributed by atoms with E-state index in [2.05, 4.69) is 15.9 Å². The lowest BCUT2D eigenvalue weighted by atomic mass is 10.2. The van der Waals surface area contributed by atoms with Crippen LogP contribution in [0.4, 0.5) is 0 Å². The molecule has 0 aliphatic rings. The van der Waals surface area contributed by atoms with Gasteiger partial charge in [0.05, 0.1) is 0 Å². The van der Waals surface area contributed by atoms with Gasteiger partial charge in [0, 0.05) is 9.85 Å². The van der Waals surface area contributed by atoms with Crippen LogP contribution in [-0.2, 0) is 4.74 Å². The largest absolute Gasteiger partial charge is 0.456 e. The molecule has 0 fully saturated rings. The van der Waals surface area contributed by atoms with E-state index in [0.29, 0.717) is 4.88 Å². The highest BCUT2D eigenvalue weighted by atomic mass is 79.9. The van der Waals surface area contributed by atoms with E-state index < -0.39 is 5.60 Å². The molecule has 0 amide bonds. The Kier molecular flexibility index (Phi) is 3.14. The maximum atomic E-state index is 11.4. The normalized spacial score (nSPS) is 11.4. The maximum absolute atomic E-state index is 11.4. The zero-order valence-corrected chi connectivity index (χ0v) is 10.2. The van der Waals surface area contributed by atoms with Crippen molar-refractivity contribution < 1.29 is 9.53 Å². The second kappa shape index (κ2) is 3.80. The van der Waals surface area contributed by atoms with Gasteiger partial charge in [0.15, 0.2) is 0 Å². The number of carbonyl (C=O) groups is 1. The summed E-state index contributed by atoms with van der Waals surface area (Å²) >= 11 is 4.66. The predicted octanol–water partition coefficient (Wildman–Crippen LogP) is 3.47. The summed E-state index contributed by atoms with van der Waals surface area (Å²) in [6.45, 7) is 5.56. The molecule has 72 valence electrons. The predicted molar refractivity (Wildman–Crippen MR) is 57.2 cm³/mol. The van der Waals surface area contributed by atoms with Gasteiger partial charge < -0.3 is 4.74 Å². The van der Waals surface area contributed by atoms with E-state index >= 15 is 0 Å². The number of esters is 1. The standard InChI is InChI=1S/C9H11BrO2S/c1-9(2,3)12-8(11)7-4-6(10)5-13-7/h4-5H,1-3H3. The average molecular weight is 263 g/mol. The fourth-order valence-corrected chi connectivity index (χ4v) is 2.05. The van der Waals surface area contributed by atoms with Crippen LogP contribution in [0.5, 0.6) is 0 Å². The van der Waals surface area contributed by atoms with Crippen LogP contribution in [0.2, 0.25) is 0 Å². The minimum absolute atomic E-state index is 0.261. The third kappa shape index (κ3) is 3.48. The van der Waals surface area contributed by atoms with Gasteiger partial charge in [-0.3, -0.25) is 0 Å². The number of rotatable bonds is 1. The molecule has 13 heavy (non-hydrogen) atoms.